The lowest BCUT2D eigenvalue weighted by Crippen LogP contribution is -2.17. The fraction of sp³-hybridized carbons (Fsp3) is 0.400. The molecule has 82 valence electrons. The quantitative estimate of drug-likeness (QED) is 0.808. The third-order valence-corrected chi connectivity index (χ3v) is 2.54. The Balaban J connectivity index is 2.64. The van der Waals surface area contributed by atoms with E-state index in [1.165, 1.54) is 19.9 Å². The van der Waals surface area contributed by atoms with Gasteiger partial charge in [0.25, 0.3) is 0 Å². The summed E-state index contributed by atoms with van der Waals surface area (Å²) in [5, 5.41) is 9.58. The van der Waals surface area contributed by atoms with Crippen molar-refractivity contribution >= 4 is 11.6 Å². The monoisotopic (exact) mass is 232 g/mol. The molecular formula is C10H10ClFO3. The second-order valence-electron chi connectivity index (χ2n) is 3.84. The van der Waals surface area contributed by atoms with E-state index in [9.17, 15) is 9.50 Å². The van der Waals surface area contributed by atoms with Crippen LogP contribution < -0.4 is 9.47 Å². The number of fused-ring (bicyclic) bond motifs is 1. The van der Waals surface area contributed by atoms with E-state index in [4.69, 9.17) is 21.1 Å². The molecule has 3 nitrogen and oxygen atoms in total. The molecule has 0 saturated heterocycles. The fourth-order valence-corrected chi connectivity index (χ4v) is 1.67. The predicted molar refractivity (Wildman–Crippen MR) is 52.8 cm³/mol. The van der Waals surface area contributed by atoms with Crippen LogP contribution in [0.5, 0.6) is 11.5 Å². The summed E-state index contributed by atoms with van der Waals surface area (Å²) >= 11 is 5.76. The highest BCUT2D eigenvalue weighted by Gasteiger charge is 2.29. The first-order valence-corrected chi connectivity index (χ1v) is 4.79. The number of rotatable bonds is 1. The van der Waals surface area contributed by atoms with Crippen LogP contribution in [0.4, 0.5) is 4.39 Å². The summed E-state index contributed by atoms with van der Waals surface area (Å²) in [6.07, 6.45) is 0. The lowest BCUT2D eigenvalue weighted by atomic mass is 9.97. The van der Waals surface area contributed by atoms with Crippen LogP contribution in [-0.4, -0.2) is 11.9 Å². The highest BCUT2D eigenvalue weighted by molar-refractivity contribution is 6.32. The van der Waals surface area contributed by atoms with Crippen molar-refractivity contribution in [3.8, 4) is 11.5 Å². The molecule has 1 aliphatic rings. The molecule has 0 fully saturated rings. The lowest BCUT2D eigenvalue weighted by Gasteiger charge is -2.19. The summed E-state index contributed by atoms with van der Waals surface area (Å²) in [5.74, 6) is -0.117. The van der Waals surface area contributed by atoms with E-state index in [0.29, 0.717) is 5.75 Å². The van der Waals surface area contributed by atoms with Gasteiger partial charge in [-0.15, -0.1) is 0 Å². The second kappa shape index (κ2) is 3.25. The van der Waals surface area contributed by atoms with Crippen molar-refractivity contribution in [3.05, 3.63) is 22.5 Å². The Hall–Kier alpha value is -1.00. The van der Waals surface area contributed by atoms with E-state index in [1.807, 2.05) is 0 Å². The summed E-state index contributed by atoms with van der Waals surface area (Å²) in [5.41, 5.74) is -1.22. The van der Waals surface area contributed by atoms with Crippen molar-refractivity contribution < 1.29 is 19.0 Å². The average molecular weight is 233 g/mol. The number of halogens is 2. The molecule has 0 radical (unpaired) electrons. The minimum Gasteiger partial charge on any atom is -0.454 e. The van der Waals surface area contributed by atoms with Gasteiger partial charge in [0.2, 0.25) is 6.79 Å². The molecule has 0 aromatic heterocycles. The topological polar surface area (TPSA) is 38.7 Å². The number of benzene rings is 1. The Morgan fingerprint density at radius 1 is 1.47 bits per heavy atom. The average Bonchev–Trinajstić information content (AvgIpc) is 2.57. The van der Waals surface area contributed by atoms with Gasteiger partial charge in [-0.05, 0) is 19.9 Å². The van der Waals surface area contributed by atoms with Gasteiger partial charge in [0.05, 0.1) is 5.60 Å². The molecule has 0 amide bonds. The first-order valence-electron chi connectivity index (χ1n) is 4.41. The summed E-state index contributed by atoms with van der Waals surface area (Å²) in [6.45, 7) is 2.97. The van der Waals surface area contributed by atoms with Crippen LogP contribution in [0.25, 0.3) is 0 Å². The maximum absolute atomic E-state index is 13.7. The zero-order valence-electron chi connectivity index (χ0n) is 8.30. The van der Waals surface area contributed by atoms with Crippen LogP contribution >= 0.6 is 11.6 Å². The predicted octanol–water partition coefficient (Wildman–Crippen LogP) is 2.44. The van der Waals surface area contributed by atoms with Gasteiger partial charge in [-0.25, -0.2) is 4.39 Å². The summed E-state index contributed by atoms with van der Waals surface area (Å²) in [4.78, 5) is 0. The SMILES string of the molecule is CC(C)(O)c1cc2c(c(Cl)c1F)OCO2. The Morgan fingerprint density at radius 2 is 2.13 bits per heavy atom. The van der Waals surface area contributed by atoms with Crippen molar-refractivity contribution in [3.63, 3.8) is 0 Å². The van der Waals surface area contributed by atoms with Crippen LogP contribution in [-0.2, 0) is 5.60 Å². The third-order valence-electron chi connectivity index (χ3n) is 2.20. The molecule has 1 N–H and O–H groups in total. The first-order chi connectivity index (χ1) is 6.91. The molecule has 0 aliphatic carbocycles. The molecule has 2 rings (SSSR count). The van der Waals surface area contributed by atoms with Gasteiger partial charge >= 0.3 is 0 Å². The van der Waals surface area contributed by atoms with Gasteiger partial charge in [-0.3, -0.25) is 0 Å². The van der Waals surface area contributed by atoms with Gasteiger partial charge < -0.3 is 14.6 Å². The van der Waals surface area contributed by atoms with E-state index < -0.39 is 11.4 Å². The molecular weight excluding hydrogens is 223 g/mol. The van der Waals surface area contributed by atoms with E-state index >= 15 is 0 Å². The van der Waals surface area contributed by atoms with Gasteiger partial charge in [-0.2, -0.15) is 0 Å². The molecule has 1 aromatic rings. The largest absolute Gasteiger partial charge is 0.454 e. The van der Waals surface area contributed by atoms with E-state index in [0.717, 1.165) is 0 Å². The minimum atomic E-state index is -1.31. The van der Waals surface area contributed by atoms with Gasteiger partial charge in [0.15, 0.2) is 17.3 Å². The van der Waals surface area contributed by atoms with Crippen molar-refractivity contribution in [2.45, 2.75) is 19.4 Å². The second-order valence-corrected chi connectivity index (χ2v) is 4.22. The Bertz CT molecular complexity index is 412. The molecule has 0 atom stereocenters. The number of ether oxygens (including phenoxy) is 2. The molecule has 5 heteroatoms. The summed E-state index contributed by atoms with van der Waals surface area (Å²) < 4.78 is 23.8. The molecule has 0 unspecified atom stereocenters. The smallest absolute Gasteiger partial charge is 0.231 e. The molecule has 0 spiro atoms. The van der Waals surface area contributed by atoms with Gasteiger partial charge in [0.1, 0.15) is 5.02 Å². The molecule has 1 aliphatic heterocycles. The van der Waals surface area contributed by atoms with Crippen LogP contribution in [0, 0.1) is 5.82 Å². The lowest BCUT2D eigenvalue weighted by molar-refractivity contribution is 0.0743. The Labute approximate surface area is 91.4 Å². The zero-order chi connectivity index (χ0) is 11.2. The molecule has 1 heterocycles. The highest BCUT2D eigenvalue weighted by Crippen LogP contribution is 2.44. The van der Waals surface area contributed by atoms with Crippen LogP contribution in [0.3, 0.4) is 0 Å². The van der Waals surface area contributed by atoms with Crippen molar-refractivity contribution in [2.24, 2.45) is 0 Å². The highest BCUT2D eigenvalue weighted by atomic mass is 35.5. The number of aliphatic hydroxyl groups is 1. The third kappa shape index (κ3) is 1.64. The molecule has 15 heavy (non-hydrogen) atoms. The van der Waals surface area contributed by atoms with Crippen molar-refractivity contribution in [1.82, 2.24) is 0 Å². The van der Waals surface area contributed by atoms with Crippen LogP contribution in [0.15, 0.2) is 6.07 Å². The Kier molecular flexibility index (Phi) is 2.28. The van der Waals surface area contributed by atoms with Crippen LogP contribution in [0.2, 0.25) is 5.02 Å². The van der Waals surface area contributed by atoms with E-state index in [1.54, 1.807) is 0 Å². The summed E-state index contributed by atoms with van der Waals surface area (Å²) in [6, 6.07) is 1.41. The van der Waals surface area contributed by atoms with E-state index in [2.05, 4.69) is 0 Å². The first kappa shape index (κ1) is 10.5. The number of hydrogen-bond acceptors (Lipinski definition) is 3. The normalized spacial score (nSPS) is 14.5. The maximum Gasteiger partial charge on any atom is 0.231 e. The molecule has 0 bridgehead atoms. The molecule has 0 saturated carbocycles. The van der Waals surface area contributed by atoms with E-state index in [-0.39, 0.29) is 23.1 Å². The summed E-state index contributed by atoms with van der Waals surface area (Å²) in [7, 11) is 0. The fourth-order valence-electron chi connectivity index (χ4n) is 1.42. The number of hydrogen-bond donors (Lipinski definition) is 1. The van der Waals surface area contributed by atoms with Gasteiger partial charge in [0, 0.05) is 5.56 Å². The minimum absolute atomic E-state index is 0.0177. The van der Waals surface area contributed by atoms with Crippen molar-refractivity contribution in [1.29, 1.82) is 0 Å². The van der Waals surface area contributed by atoms with Gasteiger partial charge in [-0.1, -0.05) is 11.6 Å². The Morgan fingerprint density at radius 3 is 2.73 bits per heavy atom. The zero-order valence-corrected chi connectivity index (χ0v) is 9.06. The standard InChI is InChI=1S/C10H10ClFO3/c1-10(2,13)5-3-6-9(15-4-14-6)7(11)8(5)12/h3,13H,4H2,1-2H3. The van der Waals surface area contributed by atoms with Crippen LogP contribution in [0.1, 0.15) is 19.4 Å². The maximum atomic E-state index is 13.7. The molecule has 1 aromatic carbocycles. The van der Waals surface area contributed by atoms with Crippen molar-refractivity contribution in [2.75, 3.05) is 6.79 Å².